The van der Waals surface area contributed by atoms with E-state index in [1.165, 1.54) is 0 Å². The number of aliphatic carboxylic acids is 1. The molecule has 2 unspecified atom stereocenters. The maximum absolute atomic E-state index is 12.2. The number of hydrogen-bond acceptors (Lipinski definition) is 3. The number of rotatable bonds is 7. The van der Waals surface area contributed by atoms with Gasteiger partial charge in [-0.15, -0.1) is 0 Å². The summed E-state index contributed by atoms with van der Waals surface area (Å²) in [5.74, 6) is -0.769. The largest absolute Gasteiger partial charge is 0.481 e. The number of nitriles is 1. The third-order valence-corrected chi connectivity index (χ3v) is 3.86. The van der Waals surface area contributed by atoms with E-state index in [1.54, 1.807) is 4.90 Å². The number of amides is 2. The molecule has 1 aliphatic rings. The topological polar surface area (TPSA) is 93.4 Å². The number of hydrogen-bond donors (Lipinski definition) is 2. The molecule has 2 N–H and O–H groups in total. The van der Waals surface area contributed by atoms with Crippen molar-refractivity contribution in [1.29, 1.82) is 5.26 Å². The van der Waals surface area contributed by atoms with Gasteiger partial charge in [0.25, 0.3) is 0 Å². The van der Waals surface area contributed by atoms with Gasteiger partial charge in [0.2, 0.25) is 0 Å². The van der Waals surface area contributed by atoms with Crippen molar-refractivity contribution in [2.45, 2.75) is 39.5 Å². The van der Waals surface area contributed by atoms with Gasteiger partial charge in [-0.2, -0.15) is 5.26 Å². The second-order valence-corrected chi connectivity index (χ2v) is 6.07. The summed E-state index contributed by atoms with van der Waals surface area (Å²) in [5.41, 5.74) is 0. The van der Waals surface area contributed by atoms with Crippen LogP contribution in [0.1, 0.15) is 39.5 Å². The highest BCUT2D eigenvalue weighted by molar-refractivity contribution is 5.74. The summed E-state index contributed by atoms with van der Waals surface area (Å²) in [6, 6.07) is 1.85. The average Bonchev–Trinajstić information content (AvgIpc) is 2.89. The van der Waals surface area contributed by atoms with Crippen molar-refractivity contribution in [2.75, 3.05) is 19.6 Å². The lowest BCUT2D eigenvalue weighted by Gasteiger charge is -2.25. The average molecular weight is 295 g/mol. The first-order valence-electron chi connectivity index (χ1n) is 7.58. The Hall–Kier alpha value is -1.77. The fourth-order valence-electron chi connectivity index (χ4n) is 2.84. The fourth-order valence-corrected chi connectivity index (χ4v) is 2.84. The molecule has 6 nitrogen and oxygen atoms in total. The van der Waals surface area contributed by atoms with Crippen molar-refractivity contribution in [2.24, 2.45) is 17.8 Å². The number of carbonyl (C=O) groups is 2. The highest BCUT2D eigenvalue weighted by Crippen LogP contribution is 2.31. The predicted octanol–water partition coefficient (Wildman–Crippen LogP) is 2.07. The van der Waals surface area contributed by atoms with Crippen LogP contribution < -0.4 is 5.32 Å². The lowest BCUT2D eigenvalue weighted by Crippen LogP contribution is -2.44. The number of carboxylic acid groups (broad SMARTS) is 1. The Morgan fingerprint density at radius 2 is 2.14 bits per heavy atom. The van der Waals surface area contributed by atoms with E-state index in [0.717, 1.165) is 12.8 Å². The molecular weight excluding hydrogens is 270 g/mol. The molecule has 1 aliphatic carbocycles. The quantitative estimate of drug-likeness (QED) is 0.752. The summed E-state index contributed by atoms with van der Waals surface area (Å²) in [7, 11) is 0. The second-order valence-electron chi connectivity index (χ2n) is 6.07. The first-order valence-corrected chi connectivity index (χ1v) is 7.58. The van der Waals surface area contributed by atoms with Crippen LogP contribution >= 0.6 is 0 Å². The molecule has 1 fully saturated rings. The molecule has 0 aromatic heterocycles. The second kappa shape index (κ2) is 8.50. The summed E-state index contributed by atoms with van der Waals surface area (Å²) in [6.45, 7) is 5.44. The van der Waals surface area contributed by atoms with Crippen molar-refractivity contribution in [3.05, 3.63) is 0 Å². The minimum atomic E-state index is -0.768. The van der Waals surface area contributed by atoms with Gasteiger partial charge in [0.15, 0.2) is 0 Å². The van der Waals surface area contributed by atoms with Crippen LogP contribution in [0.15, 0.2) is 0 Å². The molecule has 0 aromatic carbocycles. The molecular formula is C15H25N3O3. The minimum absolute atomic E-state index is 0.0170. The van der Waals surface area contributed by atoms with E-state index in [2.05, 4.69) is 5.32 Å². The van der Waals surface area contributed by atoms with Crippen LogP contribution in [0.5, 0.6) is 0 Å². The maximum Gasteiger partial charge on any atom is 0.317 e. The number of nitrogens with one attached hydrogen (secondary N) is 1. The zero-order valence-corrected chi connectivity index (χ0v) is 12.8. The monoisotopic (exact) mass is 295 g/mol. The number of urea groups is 1. The molecule has 1 saturated carbocycles. The smallest absolute Gasteiger partial charge is 0.317 e. The van der Waals surface area contributed by atoms with E-state index >= 15 is 0 Å². The van der Waals surface area contributed by atoms with Crippen molar-refractivity contribution < 1.29 is 14.7 Å². The molecule has 0 aliphatic heterocycles. The Kier molecular flexibility index (Phi) is 7.00. The Morgan fingerprint density at radius 3 is 2.71 bits per heavy atom. The lowest BCUT2D eigenvalue weighted by molar-refractivity contribution is -0.142. The van der Waals surface area contributed by atoms with Crippen molar-refractivity contribution in [3.8, 4) is 6.07 Å². The first-order chi connectivity index (χ1) is 9.95. The predicted molar refractivity (Wildman–Crippen MR) is 78.5 cm³/mol. The lowest BCUT2D eigenvalue weighted by atomic mass is 9.96. The summed E-state index contributed by atoms with van der Waals surface area (Å²) in [6.07, 6.45) is 2.75. The van der Waals surface area contributed by atoms with Gasteiger partial charge in [0.1, 0.15) is 0 Å². The zero-order chi connectivity index (χ0) is 15.8. The fraction of sp³-hybridized carbons (Fsp3) is 0.800. The zero-order valence-electron chi connectivity index (χ0n) is 12.8. The van der Waals surface area contributed by atoms with Gasteiger partial charge in [-0.3, -0.25) is 4.79 Å². The molecule has 1 rings (SSSR count). The Morgan fingerprint density at radius 1 is 1.43 bits per heavy atom. The molecule has 2 amide bonds. The van der Waals surface area contributed by atoms with E-state index < -0.39 is 5.97 Å². The summed E-state index contributed by atoms with van der Waals surface area (Å²) >= 11 is 0. The van der Waals surface area contributed by atoms with Crippen LogP contribution in [0, 0.1) is 29.1 Å². The Balaban J connectivity index is 2.49. The summed E-state index contributed by atoms with van der Waals surface area (Å²) < 4.78 is 0. The number of nitrogens with zero attached hydrogens (tertiary/aromatic N) is 2. The van der Waals surface area contributed by atoms with E-state index in [9.17, 15) is 9.59 Å². The van der Waals surface area contributed by atoms with Gasteiger partial charge >= 0.3 is 12.0 Å². The van der Waals surface area contributed by atoms with Crippen LogP contribution in [0.2, 0.25) is 0 Å². The highest BCUT2D eigenvalue weighted by atomic mass is 16.4. The third kappa shape index (κ3) is 5.62. The van der Waals surface area contributed by atoms with Crippen LogP contribution in [-0.4, -0.2) is 41.6 Å². The molecule has 0 saturated heterocycles. The van der Waals surface area contributed by atoms with Crippen molar-refractivity contribution in [1.82, 2.24) is 10.2 Å². The molecule has 0 spiro atoms. The van der Waals surface area contributed by atoms with Gasteiger partial charge < -0.3 is 15.3 Å². The van der Waals surface area contributed by atoms with Gasteiger partial charge in [0, 0.05) is 19.6 Å². The van der Waals surface area contributed by atoms with E-state index in [-0.39, 0.29) is 17.9 Å². The minimum Gasteiger partial charge on any atom is -0.481 e. The molecule has 21 heavy (non-hydrogen) atoms. The van der Waals surface area contributed by atoms with Crippen LogP contribution in [0.4, 0.5) is 4.79 Å². The molecule has 0 aromatic rings. The molecule has 0 bridgehead atoms. The normalized spacial score (nSPS) is 21.0. The van der Waals surface area contributed by atoms with Crippen molar-refractivity contribution in [3.63, 3.8) is 0 Å². The van der Waals surface area contributed by atoms with Crippen LogP contribution in [0.25, 0.3) is 0 Å². The Bertz CT molecular complexity index is 403. The number of carbonyl (C=O) groups excluding carboxylic acids is 1. The first kappa shape index (κ1) is 17.3. The van der Waals surface area contributed by atoms with E-state index in [1.807, 2.05) is 19.9 Å². The number of carboxylic acids is 1. The van der Waals surface area contributed by atoms with Gasteiger partial charge in [-0.25, -0.2) is 4.79 Å². The molecule has 6 heteroatoms. The summed E-state index contributed by atoms with van der Waals surface area (Å²) in [5, 5.41) is 20.6. The van der Waals surface area contributed by atoms with Crippen LogP contribution in [-0.2, 0) is 4.79 Å². The van der Waals surface area contributed by atoms with E-state index in [0.29, 0.717) is 38.4 Å². The molecule has 2 atom stereocenters. The molecule has 0 radical (unpaired) electrons. The SMILES string of the molecule is CC(C)CN(CCC#N)C(=O)NCC1CCCC1C(=O)O. The third-order valence-electron chi connectivity index (χ3n) is 3.86. The summed E-state index contributed by atoms with van der Waals surface area (Å²) in [4.78, 5) is 24.9. The van der Waals surface area contributed by atoms with Crippen molar-refractivity contribution >= 4 is 12.0 Å². The standard InChI is InChI=1S/C15H25N3O3/c1-11(2)10-18(8-4-7-16)15(21)17-9-12-5-3-6-13(12)14(19)20/h11-13H,3-6,8-10H2,1-2H3,(H,17,21)(H,19,20). The van der Waals surface area contributed by atoms with Gasteiger partial charge in [-0.05, 0) is 24.7 Å². The molecule has 0 heterocycles. The van der Waals surface area contributed by atoms with Gasteiger partial charge in [0.05, 0.1) is 18.4 Å². The van der Waals surface area contributed by atoms with Crippen LogP contribution in [0.3, 0.4) is 0 Å². The molecule has 118 valence electrons. The highest BCUT2D eigenvalue weighted by Gasteiger charge is 2.33. The maximum atomic E-state index is 12.2. The van der Waals surface area contributed by atoms with Gasteiger partial charge in [-0.1, -0.05) is 20.3 Å². The Labute approximate surface area is 126 Å². The van der Waals surface area contributed by atoms with E-state index in [4.69, 9.17) is 10.4 Å².